The van der Waals surface area contributed by atoms with Crippen molar-refractivity contribution >= 4 is 39.3 Å². The van der Waals surface area contributed by atoms with E-state index in [-0.39, 0.29) is 18.1 Å². The van der Waals surface area contributed by atoms with Crippen molar-refractivity contribution < 1.29 is 14.3 Å². The van der Waals surface area contributed by atoms with Crippen LogP contribution in [0.15, 0.2) is 9.95 Å². The Morgan fingerprint density at radius 2 is 2.12 bits per heavy atom. The molecule has 0 saturated carbocycles. The van der Waals surface area contributed by atoms with E-state index in [0.717, 1.165) is 29.5 Å². The molecule has 0 aliphatic heterocycles. The highest BCUT2D eigenvalue weighted by atomic mass is 32.2. The molecule has 3 rings (SSSR count). The lowest BCUT2D eigenvalue weighted by Crippen LogP contribution is -2.22. The average Bonchev–Trinajstić information content (AvgIpc) is 3.01. The number of nitrogens with zero attached hydrogens (tertiary/aromatic N) is 1. The molecule has 1 N–H and O–H groups in total. The van der Waals surface area contributed by atoms with Crippen LogP contribution in [0.2, 0.25) is 0 Å². The number of fused-ring (bicyclic) bond motifs is 3. The molecule has 8 heteroatoms. The summed E-state index contributed by atoms with van der Waals surface area (Å²) in [6.45, 7) is 5.05. The third-order valence-electron chi connectivity index (χ3n) is 4.37. The number of aromatic nitrogens is 2. The van der Waals surface area contributed by atoms with E-state index in [9.17, 15) is 9.59 Å². The minimum Gasteiger partial charge on any atom is -0.462 e. The van der Waals surface area contributed by atoms with Gasteiger partial charge in [0.15, 0.2) is 5.16 Å². The minimum atomic E-state index is -0.396. The van der Waals surface area contributed by atoms with Crippen molar-refractivity contribution in [2.45, 2.75) is 56.4 Å². The fourth-order valence-corrected chi connectivity index (χ4v) is 5.29. The summed E-state index contributed by atoms with van der Waals surface area (Å²) in [5, 5.41) is 0.822. The number of aromatic amines is 1. The second-order valence-electron chi connectivity index (χ2n) is 6.14. The molecule has 2 aromatic rings. The molecule has 1 atom stereocenters. The van der Waals surface area contributed by atoms with Crippen molar-refractivity contribution in [3.63, 3.8) is 0 Å². The monoisotopic (exact) mass is 396 g/mol. The number of ether oxygens (including phenoxy) is 2. The van der Waals surface area contributed by atoms with E-state index in [2.05, 4.69) is 9.97 Å². The van der Waals surface area contributed by atoms with Gasteiger partial charge in [0.05, 0.1) is 12.0 Å². The summed E-state index contributed by atoms with van der Waals surface area (Å²) in [7, 11) is 0. The molecular weight excluding hydrogens is 372 g/mol. The lowest BCUT2D eigenvalue weighted by molar-refractivity contribution is -0.144. The van der Waals surface area contributed by atoms with Gasteiger partial charge >= 0.3 is 5.97 Å². The molecule has 2 heterocycles. The van der Waals surface area contributed by atoms with Crippen LogP contribution in [0.1, 0.15) is 43.6 Å². The standard InChI is InChI=1S/C18H24N2O4S2/c1-3-12(17(22)24-10-9-23-4-2)26-18-19-15(21)14-11-7-5-6-8-13(11)25-16(14)20-18/h12H,3-10H2,1-2H3,(H,19,20,21)/t12-/m1/s1. The van der Waals surface area contributed by atoms with Gasteiger partial charge in [0.25, 0.3) is 5.56 Å². The predicted octanol–water partition coefficient (Wildman–Crippen LogP) is 3.31. The second kappa shape index (κ2) is 9.01. The molecule has 6 nitrogen and oxygen atoms in total. The molecule has 0 fully saturated rings. The van der Waals surface area contributed by atoms with Crippen LogP contribution in [-0.2, 0) is 27.1 Å². The van der Waals surface area contributed by atoms with Crippen molar-refractivity contribution in [3.8, 4) is 0 Å². The van der Waals surface area contributed by atoms with E-state index in [1.54, 1.807) is 11.3 Å². The van der Waals surface area contributed by atoms with Crippen molar-refractivity contribution in [2.75, 3.05) is 19.8 Å². The highest BCUT2D eigenvalue weighted by Gasteiger charge is 2.23. The lowest BCUT2D eigenvalue weighted by atomic mass is 9.97. The van der Waals surface area contributed by atoms with Crippen LogP contribution >= 0.6 is 23.1 Å². The molecule has 0 bridgehead atoms. The molecule has 26 heavy (non-hydrogen) atoms. The molecule has 0 spiro atoms. The smallest absolute Gasteiger partial charge is 0.319 e. The van der Waals surface area contributed by atoms with Crippen LogP contribution in [0.4, 0.5) is 0 Å². The Kier molecular flexibility index (Phi) is 6.72. The first-order chi connectivity index (χ1) is 12.6. The minimum absolute atomic E-state index is 0.100. The zero-order chi connectivity index (χ0) is 18.5. The maximum absolute atomic E-state index is 12.6. The Bertz CT molecular complexity index is 830. The fraction of sp³-hybridized carbons (Fsp3) is 0.611. The van der Waals surface area contributed by atoms with E-state index in [1.165, 1.54) is 28.6 Å². The molecule has 0 amide bonds. The van der Waals surface area contributed by atoms with Gasteiger partial charge in [-0.05, 0) is 44.6 Å². The van der Waals surface area contributed by atoms with E-state index in [4.69, 9.17) is 9.47 Å². The number of nitrogens with one attached hydrogen (secondary N) is 1. The van der Waals surface area contributed by atoms with Crippen LogP contribution in [0.25, 0.3) is 10.2 Å². The second-order valence-corrected chi connectivity index (χ2v) is 8.42. The quantitative estimate of drug-likeness (QED) is 0.319. The predicted molar refractivity (Wildman–Crippen MR) is 104 cm³/mol. The molecule has 1 aliphatic rings. The van der Waals surface area contributed by atoms with E-state index in [0.29, 0.717) is 24.8 Å². The number of thiophene rings is 1. The first kappa shape index (κ1) is 19.4. The zero-order valence-electron chi connectivity index (χ0n) is 15.1. The molecule has 0 saturated heterocycles. The average molecular weight is 397 g/mol. The number of hydrogen-bond acceptors (Lipinski definition) is 7. The zero-order valence-corrected chi connectivity index (χ0v) is 16.8. The molecule has 1 aliphatic carbocycles. The van der Waals surface area contributed by atoms with E-state index < -0.39 is 5.25 Å². The van der Waals surface area contributed by atoms with Crippen LogP contribution < -0.4 is 5.56 Å². The van der Waals surface area contributed by atoms with Gasteiger partial charge in [0.1, 0.15) is 16.7 Å². The highest BCUT2D eigenvalue weighted by molar-refractivity contribution is 8.00. The van der Waals surface area contributed by atoms with Crippen molar-refractivity contribution in [3.05, 3.63) is 20.8 Å². The van der Waals surface area contributed by atoms with Crippen molar-refractivity contribution in [2.24, 2.45) is 0 Å². The van der Waals surface area contributed by atoms with Gasteiger partial charge in [-0.1, -0.05) is 18.7 Å². The largest absolute Gasteiger partial charge is 0.462 e. The molecular formula is C18H24N2O4S2. The lowest BCUT2D eigenvalue weighted by Gasteiger charge is -2.13. The summed E-state index contributed by atoms with van der Waals surface area (Å²) < 4.78 is 10.4. The van der Waals surface area contributed by atoms with Crippen LogP contribution in [-0.4, -0.2) is 41.0 Å². The van der Waals surface area contributed by atoms with Gasteiger partial charge in [-0.25, -0.2) is 4.98 Å². The Morgan fingerprint density at radius 3 is 2.88 bits per heavy atom. The molecule has 0 aromatic carbocycles. The SMILES string of the molecule is CCOCCOC(=O)[C@@H](CC)Sc1nc2sc3c(c2c(=O)[nH]1)CCCC3. The van der Waals surface area contributed by atoms with Crippen molar-refractivity contribution in [1.29, 1.82) is 0 Å². The third kappa shape index (κ3) is 4.29. The topological polar surface area (TPSA) is 81.3 Å². The summed E-state index contributed by atoms with van der Waals surface area (Å²) >= 11 is 2.87. The summed E-state index contributed by atoms with van der Waals surface area (Å²) in [5.41, 5.74) is 1.07. The highest BCUT2D eigenvalue weighted by Crippen LogP contribution is 2.34. The van der Waals surface area contributed by atoms with Gasteiger partial charge < -0.3 is 14.5 Å². The summed E-state index contributed by atoms with van der Waals surface area (Å²) in [6.07, 6.45) is 4.88. The third-order valence-corrected chi connectivity index (χ3v) is 6.78. The van der Waals surface area contributed by atoms with Crippen molar-refractivity contribution in [1.82, 2.24) is 9.97 Å². The van der Waals surface area contributed by atoms with Gasteiger partial charge in [-0.3, -0.25) is 9.59 Å². The Morgan fingerprint density at radius 1 is 1.31 bits per heavy atom. The Balaban J connectivity index is 1.75. The van der Waals surface area contributed by atoms with Gasteiger partial charge in [-0.2, -0.15) is 0 Å². The summed E-state index contributed by atoms with van der Waals surface area (Å²) in [6, 6.07) is 0. The molecule has 142 valence electrons. The summed E-state index contributed by atoms with van der Waals surface area (Å²) in [4.78, 5) is 34.3. The fourth-order valence-electron chi connectivity index (χ4n) is 3.07. The molecule has 0 unspecified atom stereocenters. The van der Waals surface area contributed by atoms with Gasteiger partial charge in [-0.15, -0.1) is 11.3 Å². The molecule has 0 radical (unpaired) electrons. The first-order valence-electron chi connectivity index (χ1n) is 9.09. The van der Waals surface area contributed by atoms with Crippen LogP contribution in [0.5, 0.6) is 0 Å². The maximum atomic E-state index is 12.6. The number of carbonyl (C=O) groups is 1. The Hall–Kier alpha value is -1.38. The first-order valence-corrected chi connectivity index (χ1v) is 10.8. The molecule has 2 aromatic heterocycles. The number of carbonyl (C=O) groups excluding carboxylic acids is 1. The normalized spacial score (nSPS) is 15.0. The maximum Gasteiger partial charge on any atom is 0.319 e. The Labute approximate surface area is 160 Å². The van der Waals surface area contributed by atoms with Gasteiger partial charge in [0.2, 0.25) is 0 Å². The van der Waals surface area contributed by atoms with E-state index in [1.807, 2.05) is 13.8 Å². The number of esters is 1. The summed E-state index contributed by atoms with van der Waals surface area (Å²) in [5.74, 6) is -0.301. The number of H-pyrrole nitrogens is 1. The number of aryl methyl sites for hydroxylation is 2. The van der Waals surface area contributed by atoms with Crippen LogP contribution in [0, 0.1) is 0 Å². The number of rotatable bonds is 8. The number of hydrogen-bond donors (Lipinski definition) is 1. The number of thioether (sulfide) groups is 1. The van der Waals surface area contributed by atoms with Crippen LogP contribution in [0.3, 0.4) is 0 Å². The van der Waals surface area contributed by atoms with Gasteiger partial charge in [0, 0.05) is 11.5 Å². The van der Waals surface area contributed by atoms with E-state index >= 15 is 0 Å².